The topological polar surface area (TPSA) is 32.3 Å². The zero-order valence-electron chi connectivity index (χ0n) is 11.5. The van der Waals surface area contributed by atoms with Crippen LogP contribution in [0.25, 0.3) is 0 Å². The Morgan fingerprint density at radius 1 is 1.42 bits per heavy atom. The average Bonchev–Trinajstić information content (AvgIpc) is 2.40. The molecule has 1 amide bonds. The highest BCUT2D eigenvalue weighted by Gasteiger charge is 2.25. The number of benzene rings is 1. The first-order valence-corrected chi connectivity index (χ1v) is 6.87. The van der Waals surface area contributed by atoms with Crippen LogP contribution in [0.15, 0.2) is 24.3 Å². The second-order valence-corrected chi connectivity index (χ2v) is 5.41. The number of anilines is 1. The fourth-order valence-electron chi connectivity index (χ4n) is 2.52. The predicted molar refractivity (Wildman–Crippen MR) is 74.5 cm³/mol. The standard InChI is InChI=1S/C15H21FN2O/c1-11-4-3-9-18(10-11)12(2)15(19)17-14-7-5-13(16)6-8-14/h5-8,11-12H,3-4,9-10H2,1-2H3,(H,17,19)/t11-,12+/m1/s1. The van der Waals surface area contributed by atoms with Gasteiger partial charge in [0.05, 0.1) is 6.04 Å². The molecule has 1 aromatic carbocycles. The van der Waals surface area contributed by atoms with Crippen LogP contribution in [0.5, 0.6) is 0 Å². The number of nitrogens with zero attached hydrogens (tertiary/aromatic N) is 1. The molecule has 0 bridgehead atoms. The Bertz CT molecular complexity index is 432. The fraction of sp³-hybridized carbons (Fsp3) is 0.533. The minimum atomic E-state index is -0.295. The molecule has 0 spiro atoms. The van der Waals surface area contributed by atoms with Gasteiger partial charge >= 0.3 is 0 Å². The van der Waals surface area contributed by atoms with E-state index in [1.807, 2.05) is 6.92 Å². The van der Waals surface area contributed by atoms with Gasteiger partial charge in [0.15, 0.2) is 0 Å². The Kier molecular flexibility index (Phi) is 4.53. The highest BCUT2D eigenvalue weighted by Crippen LogP contribution is 2.18. The fourth-order valence-corrected chi connectivity index (χ4v) is 2.52. The summed E-state index contributed by atoms with van der Waals surface area (Å²) in [6.07, 6.45) is 2.39. The first-order valence-electron chi connectivity index (χ1n) is 6.87. The van der Waals surface area contributed by atoms with Crippen molar-refractivity contribution in [2.45, 2.75) is 32.7 Å². The number of amides is 1. The quantitative estimate of drug-likeness (QED) is 0.910. The SMILES string of the molecule is C[C@@H]1CCCN([C@@H](C)C(=O)Nc2ccc(F)cc2)C1. The molecule has 1 saturated heterocycles. The first-order chi connectivity index (χ1) is 9.06. The van der Waals surface area contributed by atoms with E-state index in [9.17, 15) is 9.18 Å². The van der Waals surface area contributed by atoms with Gasteiger partial charge in [-0.15, -0.1) is 0 Å². The summed E-state index contributed by atoms with van der Waals surface area (Å²) in [6, 6.07) is 5.72. The highest BCUT2D eigenvalue weighted by molar-refractivity contribution is 5.94. The number of hydrogen-bond donors (Lipinski definition) is 1. The maximum absolute atomic E-state index is 12.8. The van der Waals surface area contributed by atoms with Crippen molar-refractivity contribution in [1.29, 1.82) is 0 Å². The first kappa shape index (κ1) is 14.0. The smallest absolute Gasteiger partial charge is 0.241 e. The van der Waals surface area contributed by atoms with Gasteiger partial charge in [0.25, 0.3) is 0 Å². The number of nitrogens with one attached hydrogen (secondary N) is 1. The van der Waals surface area contributed by atoms with Crippen LogP contribution in [-0.4, -0.2) is 29.9 Å². The molecule has 19 heavy (non-hydrogen) atoms. The summed E-state index contributed by atoms with van der Waals surface area (Å²) in [5.41, 5.74) is 0.642. The van der Waals surface area contributed by atoms with Crippen molar-refractivity contribution in [3.05, 3.63) is 30.1 Å². The number of piperidine rings is 1. The van der Waals surface area contributed by atoms with Crippen LogP contribution in [0.4, 0.5) is 10.1 Å². The lowest BCUT2D eigenvalue weighted by Crippen LogP contribution is -2.46. The number of rotatable bonds is 3. The average molecular weight is 264 g/mol. The van der Waals surface area contributed by atoms with E-state index in [1.54, 1.807) is 12.1 Å². The van der Waals surface area contributed by atoms with E-state index < -0.39 is 0 Å². The molecule has 0 aromatic heterocycles. The van der Waals surface area contributed by atoms with Gasteiger partial charge in [-0.3, -0.25) is 9.69 Å². The van der Waals surface area contributed by atoms with Crippen LogP contribution in [-0.2, 0) is 4.79 Å². The van der Waals surface area contributed by atoms with Gasteiger partial charge in [0.1, 0.15) is 5.82 Å². The van der Waals surface area contributed by atoms with Crippen molar-refractivity contribution < 1.29 is 9.18 Å². The highest BCUT2D eigenvalue weighted by atomic mass is 19.1. The maximum Gasteiger partial charge on any atom is 0.241 e. The van der Waals surface area contributed by atoms with E-state index in [2.05, 4.69) is 17.1 Å². The Hall–Kier alpha value is -1.42. The molecule has 1 N–H and O–H groups in total. The molecular formula is C15H21FN2O. The Labute approximate surface area is 113 Å². The van der Waals surface area contributed by atoms with E-state index in [0.29, 0.717) is 11.6 Å². The minimum absolute atomic E-state index is 0.0271. The molecule has 1 fully saturated rings. The third-order valence-corrected chi connectivity index (χ3v) is 3.73. The normalized spacial score (nSPS) is 21.9. The molecule has 1 aromatic rings. The number of hydrogen-bond acceptors (Lipinski definition) is 2. The number of halogens is 1. The summed E-state index contributed by atoms with van der Waals surface area (Å²) in [7, 11) is 0. The van der Waals surface area contributed by atoms with Crippen molar-refractivity contribution in [3.63, 3.8) is 0 Å². The van der Waals surface area contributed by atoms with Crippen LogP contribution in [0.2, 0.25) is 0 Å². The largest absolute Gasteiger partial charge is 0.325 e. The van der Waals surface area contributed by atoms with E-state index in [1.165, 1.54) is 18.6 Å². The molecule has 2 rings (SSSR count). The van der Waals surface area contributed by atoms with Crippen LogP contribution in [0.3, 0.4) is 0 Å². The summed E-state index contributed by atoms with van der Waals surface area (Å²) >= 11 is 0. The third-order valence-electron chi connectivity index (χ3n) is 3.73. The van der Waals surface area contributed by atoms with E-state index in [4.69, 9.17) is 0 Å². The molecule has 2 atom stereocenters. The van der Waals surface area contributed by atoms with Crippen LogP contribution >= 0.6 is 0 Å². The van der Waals surface area contributed by atoms with Gasteiger partial charge in [-0.2, -0.15) is 0 Å². The van der Waals surface area contributed by atoms with E-state index in [-0.39, 0.29) is 17.8 Å². The number of likely N-dealkylation sites (tertiary alicyclic amines) is 1. The minimum Gasteiger partial charge on any atom is -0.325 e. The summed E-state index contributed by atoms with van der Waals surface area (Å²) in [5.74, 6) is 0.325. The lowest BCUT2D eigenvalue weighted by atomic mass is 9.99. The van der Waals surface area contributed by atoms with Crippen LogP contribution in [0.1, 0.15) is 26.7 Å². The van der Waals surface area contributed by atoms with Crippen LogP contribution in [0, 0.1) is 11.7 Å². The molecule has 0 aliphatic carbocycles. The molecule has 0 unspecified atom stereocenters. The molecule has 3 nitrogen and oxygen atoms in total. The molecule has 0 radical (unpaired) electrons. The summed E-state index contributed by atoms with van der Waals surface area (Å²) < 4.78 is 12.8. The van der Waals surface area contributed by atoms with E-state index >= 15 is 0 Å². The van der Waals surface area contributed by atoms with E-state index in [0.717, 1.165) is 19.5 Å². The summed E-state index contributed by atoms with van der Waals surface area (Å²) in [5, 5.41) is 2.83. The molecule has 1 aliphatic rings. The van der Waals surface area contributed by atoms with Gasteiger partial charge in [0, 0.05) is 12.2 Å². The van der Waals surface area contributed by atoms with Gasteiger partial charge in [-0.1, -0.05) is 6.92 Å². The lowest BCUT2D eigenvalue weighted by molar-refractivity contribution is -0.121. The number of carbonyl (C=O) groups is 1. The summed E-state index contributed by atoms with van der Waals surface area (Å²) in [6.45, 7) is 6.09. The second-order valence-electron chi connectivity index (χ2n) is 5.41. The zero-order chi connectivity index (χ0) is 13.8. The molecular weight excluding hydrogens is 243 g/mol. The van der Waals surface area contributed by atoms with Gasteiger partial charge in [-0.25, -0.2) is 4.39 Å². The van der Waals surface area contributed by atoms with Gasteiger partial charge in [-0.05, 0) is 56.5 Å². The van der Waals surface area contributed by atoms with Crippen molar-refractivity contribution in [2.75, 3.05) is 18.4 Å². The third kappa shape index (κ3) is 3.77. The van der Waals surface area contributed by atoms with Crippen molar-refractivity contribution >= 4 is 11.6 Å². The van der Waals surface area contributed by atoms with Gasteiger partial charge in [0.2, 0.25) is 5.91 Å². The predicted octanol–water partition coefficient (Wildman–Crippen LogP) is 2.88. The summed E-state index contributed by atoms with van der Waals surface area (Å²) in [4.78, 5) is 14.4. The van der Waals surface area contributed by atoms with Crippen LogP contribution < -0.4 is 5.32 Å². The zero-order valence-corrected chi connectivity index (χ0v) is 11.5. The van der Waals surface area contributed by atoms with Crippen molar-refractivity contribution in [1.82, 2.24) is 4.90 Å². The second kappa shape index (κ2) is 6.15. The Balaban J connectivity index is 1.93. The molecule has 1 heterocycles. The maximum atomic E-state index is 12.8. The molecule has 0 saturated carbocycles. The van der Waals surface area contributed by atoms with Crippen molar-refractivity contribution in [2.24, 2.45) is 5.92 Å². The Morgan fingerprint density at radius 2 is 2.11 bits per heavy atom. The molecule has 1 aliphatic heterocycles. The lowest BCUT2D eigenvalue weighted by Gasteiger charge is -2.34. The van der Waals surface area contributed by atoms with Gasteiger partial charge < -0.3 is 5.32 Å². The molecule has 104 valence electrons. The Morgan fingerprint density at radius 3 is 2.74 bits per heavy atom. The van der Waals surface area contributed by atoms with Crippen molar-refractivity contribution in [3.8, 4) is 0 Å². The molecule has 4 heteroatoms. The monoisotopic (exact) mass is 264 g/mol. The number of carbonyl (C=O) groups excluding carboxylic acids is 1.